The average molecular weight is 408 g/mol. The number of halogens is 4. The van der Waals surface area contributed by atoms with Crippen LogP contribution in [0.3, 0.4) is 0 Å². The van der Waals surface area contributed by atoms with Crippen molar-refractivity contribution in [1.29, 1.82) is 21.0 Å². The minimum absolute atomic E-state index is 1.43. The van der Waals surface area contributed by atoms with Crippen LogP contribution in [0.15, 0.2) is 0 Å². The van der Waals surface area contributed by atoms with Crippen molar-refractivity contribution >= 4 is 7.32 Å². The molecule has 0 amide bonds. The van der Waals surface area contributed by atoms with Gasteiger partial charge in [-0.05, 0) is 0 Å². The van der Waals surface area contributed by atoms with E-state index in [0.717, 1.165) is 0 Å². The molecule has 21 heavy (non-hydrogen) atoms. The SMILES string of the molecule is CC#N.CC#N.CC#N.CC#N.OB(O)O.[F][Pd]([F])([F])[F]. The normalized spacial score (nSPS) is 6.43. The van der Waals surface area contributed by atoms with E-state index in [1.165, 1.54) is 27.7 Å². The van der Waals surface area contributed by atoms with Crippen LogP contribution in [-0.4, -0.2) is 22.4 Å². The second-order valence-electron chi connectivity index (χ2n) is 1.51. The molecule has 0 aromatic rings. The van der Waals surface area contributed by atoms with Crippen molar-refractivity contribution < 1.29 is 45.6 Å². The summed E-state index contributed by atoms with van der Waals surface area (Å²) in [5.74, 6) is 0. The van der Waals surface area contributed by atoms with E-state index in [4.69, 9.17) is 36.1 Å². The molecule has 126 valence electrons. The summed E-state index contributed by atoms with van der Waals surface area (Å²) in [6.07, 6.45) is 0. The van der Waals surface area contributed by atoms with Gasteiger partial charge in [0.25, 0.3) is 0 Å². The minimum atomic E-state index is -6.70. The van der Waals surface area contributed by atoms with Crippen LogP contribution in [0.25, 0.3) is 0 Å². The van der Waals surface area contributed by atoms with Crippen molar-refractivity contribution in [3.63, 3.8) is 0 Å². The zero-order chi connectivity index (χ0) is 18.9. The molecule has 0 bridgehead atoms. The summed E-state index contributed by atoms with van der Waals surface area (Å²) in [4.78, 5) is 0. The first-order valence-electron chi connectivity index (χ1n) is 4.15. The fourth-order valence-corrected chi connectivity index (χ4v) is 0. The summed E-state index contributed by atoms with van der Waals surface area (Å²) in [6, 6.07) is 7.00. The summed E-state index contributed by atoms with van der Waals surface area (Å²) in [7, 11) is -2.17. The third kappa shape index (κ3) is 1650. The molecule has 13 heteroatoms. The van der Waals surface area contributed by atoms with Crippen LogP contribution < -0.4 is 0 Å². The molecule has 0 radical (unpaired) electrons. The molecule has 0 atom stereocenters. The van der Waals surface area contributed by atoms with Gasteiger partial charge < -0.3 is 15.1 Å². The third-order valence-corrected chi connectivity index (χ3v) is 0. The molecule has 0 saturated heterocycles. The van der Waals surface area contributed by atoms with Gasteiger partial charge in [-0.2, -0.15) is 21.0 Å². The Morgan fingerprint density at radius 2 is 0.667 bits per heavy atom. The summed E-state index contributed by atoms with van der Waals surface area (Å²) in [5, 5.41) is 50.8. The van der Waals surface area contributed by atoms with Crippen molar-refractivity contribution in [2.45, 2.75) is 27.7 Å². The van der Waals surface area contributed by atoms with Crippen LogP contribution in [0.4, 0.5) is 12.9 Å². The Morgan fingerprint density at radius 3 is 0.667 bits per heavy atom. The molecule has 0 rings (SSSR count). The van der Waals surface area contributed by atoms with Crippen molar-refractivity contribution in [2.75, 3.05) is 0 Å². The van der Waals surface area contributed by atoms with Crippen LogP contribution in [0.5, 0.6) is 0 Å². The number of nitrogens with zero attached hydrogens (tertiary/aromatic N) is 4. The molecule has 0 unspecified atom stereocenters. The van der Waals surface area contributed by atoms with Gasteiger partial charge in [-0.1, -0.05) is 0 Å². The molecule has 0 heterocycles. The quantitative estimate of drug-likeness (QED) is 0.407. The average Bonchev–Trinajstić information content (AvgIpc) is 2.17. The van der Waals surface area contributed by atoms with E-state index in [2.05, 4.69) is 0 Å². The standard InChI is InChI=1S/4C2H3N.BH3O3.4FH.Pd/c4*1-2-3;2-1(3)4;;;;;/h4*1H3;2-4H;4*1H;/q;;;;;;;;;+4/p-4. The Labute approximate surface area is 126 Å². The van der Waals surface area contributed by atoms with Crippen LogP contribution in [0, 0.1) is 45.3 Å². The summed E-state index contributed by atoms with van der Waals surface area (Å²) >= 11 is -6.70. The molecule has 0 aliphatic heterocycles. The second-order valence-corrected chi connectivity index (χ2v) is 2.84. The predicted octanol–water partition coefficient (Wildman–Crippen LogP) is 1.75. The number of hydrogen-bond donors (Lipinski definition) is 3. The number of rotatable bonds is 0. The Hall–Kier alpha value is -1.71. The van der Waals surface area contributed by atoms with Gasteiger partial charge in [0.2, 0.25) is 0 Å². The topological polar surface area (TPSA) is 156 Å². The van der Waals surface area contributed by atoms with Gasteiger partial charge in [0, 0.05) is 27.7 Å². The van der Waals surface area contributed by atoms with Crippen molar-refractivity contribution in [2.24, 2.45) is 0 Å². The molecular formula is C8H15BF4N4O3Pd. The summed E-state index contributed by atoms with van der Waals surface area (Å²) in [5.41, 5.74) is 0. The van der Waals surface area contributed by atoms with Gasteiger partial charge in [0.15, 0.2) is 0 Å². The van der Waals surface area contributed by atoms with Gasteiger partial charge in [0.05, 0.1) is 24.3 Å². The number of hydrogen-bond acceptors (Lipinski definition) is 7. The van der Waals surface area contributed by atoms with Crippen LogP contribution in [0.2, 0.25) is 0 Å². The van der Waals surface area contributed by atoms with Crippen LogP contribution >= 0.6 is 0 Å². The number of nitriles is 4. The molecule has 0 spiro atoms. The second kappa shape index (κ2) is 42.9. The maximum absolute atomic E-state index is 9.84. The summed E-state index contributed by atoms with van der Waals surface area (Å²) < 4.78 is 39.4. The molecule has 0 aromatic carbocycles. The molecule has 3 N–H and O–H groups in total. The third-order valence-electron chi connectivity index (χ3n) is 0. The van der Waals surface area contributed by atoms with Crippen molar-refractivity contribution in [3.05, 3.63) is 0 Å². The van der Waals surface area contributed by atoms with Crippen LogP contribution in [0.1, 0.15) is 27.7 Å². The Bertz CT molecular complexity index is 274. The maximum atomic E-state index is 9.84. The fourth-order valence-electron chi connectivity index (χ4n) is 0. The van der Waals surface area contributed by atoms with Crippen molar-refractivity contribution in [1.82, 2.24) is 0 Å². The monoisotopic (exact) mass is 408 g/mol. The Balaban J connectivity index is -0.0000000327. The molecule has 0 fully saturated rings. The summed E-state index contributed by atoms with van der Waals surface area (Å²) in [6.45, 7) is 5.72. The van der Waals surface area contributed by atoms with E-state index in [-0.39, 0.29) is 0 Å². The Morgan fingerprint density at radius 1 is 0.667 bits per heavy atom. The zero-order valence-corrected chi connectivity index (χ0v) is 13.1. The molecule has 7 nitrogen and oxygen atoms in total. The van der Waals surface area contributed by atoms with Gasteiger partial charge in [0.1, 0.15) is 0 Å². The fraction of sp³-hybridized carbons (Fsp3) is 0.500. The first-order chi connectivity index (χ1) is 9.39. The molecule has 0 aliphatic carbocycles. The van der Waals surface area contributed by atoms with Gasteiger partial charge in [-0.15, -0.1) is 0 Å². The van der Waals surface area contributed by atoms with Gasteiger partial charge >= 0.3 is 37.8 Å². The zero-order valence-electron chi connectivity index (χ0n) is 11.5. The Kier molecular flexibility index (Phi) is 74.6. The van der Waals surface area contributed by atoms with E-state index >= 15 is 0 Å². The van der Waals surface area contributed by atoms with E-state index in [0.29, 0.717) is 0 Å². The van der Waals surface area contributed by atoms with E-state index < -0.39 is 24.9 Å². The van der Waals surface area contributed by atoms with E-state index in [9.17, 15) is 12.9 Å². The molecule has 0 aromatic heterocycles. The first-order valence-corrected chi connectivity index (χ1v) is 6.50. The van der Waals surface area contributed by atoms with Gasteiger partial charge in [-0.25, -0.2) is 0 Å². The van der Waals surface area contributed by atoms with Crippen LogP contribution in [-0.2, 0) is 17.6 Å². The van der Waals surface area contributed by atoms with Gasteiger partial charge in [-0.3, -0.25) is 0 Å². The van der Waals surface area contributed by atoms with Crippen molar-refractivity contribution in [3.8, 4) is 24.3 Å². The predicted molar refractivity (Wildman–Crippen MR) is 62.0 cm³/mol. The molecule has 0 aliphatic rings. The molecule has 0 saturated carbocycles. The van der Waals surface area contributed by atoms with E-state index in [1.807, 2.05) is 0 Å². The molecular weight excluding hydrogens is 393 g/mol. The first kappa shape index (κ1) is 36.5. The van der Waals surface area contributed by atoms with E-state index in [1.54, 1.807) is 24.3 Å².